The summed E-state index contributed by atoms with van der Waals surface area (Å²) in [6.07, 6.45) is 1.51. The molecule has 0 saturated heterocycles. The van der Waals surface area contributed by atoms with Crippen molar-refractivity contribution < 1.29 is 4.79 Å². The monoisotopic (exact) mass is 296 g/mol. The molecule has 0 fully saturated rings. The van der Waals surface area contributed by atoms with Gasteiger partial charge in [0.25, 0.3) is 5.91 Å². The second-order valence-corrected chi connectivity index (χ2v) is 5.41. The van der Waals surface area contributed by atoms with Crippen molar-refractivity contribution in [2.45, 2.75) is 9.92 Å². The van der Waals surface area contributed by atoms with Crippen LogP contribution in [0.15, 0.2) is 58.7 Å². The number of carbonyl (C=O) groups excluding carboxylic acids is 1. The van der Waals surface area contributed by atoms with Crippen molar-refractivity contribution >= 4 is 34.3 Å². The molecule has 21 heavy (non-hydrogen) atoms. The summed E-state index contributed by atoms with van der Waals surface area (Å²) in [4.78, 5) is 20.6. The van der Waals surface area contributed by atoms with E-state index in [9.17, 15) is 4.79 Å². The molecule has 0 spiro atoms. The maximum Gasteiger partial charge on any atom is 0.250 e. The molecule has 1 amide bonds. The summed E-state index contributed by atoms with van der Waals surface area (Å²) >= 11 is 1.39. The van der Waals surface area contributed by atoms with Crippen LogP contribution in [0.4, 0.5) is 5.69 Å². The Morgan fingerprint density at radius 3 is 2.67 bits per heavy atom. The Balaban J connectivity index is 2.07. The number of amides is 1. The van der Waals surface area contributed by atoms with Gasteiger partial charge in [0.15, 0.2) is 0 Å². The third-order valence-electron chi connectivity index (χ3n) is 3.04. The highest BCUT2D eigenvalue weighted by Crippen LogP contribution is 2.35. The molecule has 6 heteroatoms. The van der Waals surface area contributed by atoms with Crippen molar-refractivity contribution in [1.82, 2.24) is 9.97 Å². The van der Waals surface area contributed by atoms with Gasteiger partial charge < -0.3 is 11.5 Å². The first-order valence-corrected chi connectivity index (χ1v) is 7.04. The maximum absolute atomic E-state index is 11.3. The molecule has 0 unspecified atom stereocenters. The standard InChI is InChI=1S/C15H12N4OS/c16-13-10(14(17)20)5-3-7-12(13)21-15-9-4-1-2-6-11(9)18-8-19-15/h1-8H,16H2,(H2,17,20). The molecule has 0 aliphatic heterocycles. The molecule has 1 aromatic heterocycles. The van der Waals surface area contributed by atoms with Crippen LogP contribution in [0.3, 0.4) is 0 Å². The van der Waals surface area contributed by atoms with E-state index in [1.807, 2.05) is 30.3 Å². The number of carbonyl (C=O) groups is 1. The lowest BCUT2D eigenvalue weighted by atomic mass is 10.2. The fourth-order valence-corrected chi connectivity index (χ4v) is 2.97. The first-order valence-electron chi connectivity index (χ1n) is 6.22. The lowest BCUT2D eigenvalue weighted by Crippen LogP contribution is -2.13. The van der Waals surface area contributed by atoms with E-state index in [1.54, 1.807) is 12.1 Å². The highest BCUT2D eigenvalue weighted by molar-refractivity contribution is 7.99. The predicted molar refractivity (Wildman–Crippen MR) is 83.0 cm³/mol. The topological polar surface area (TPSA) is 94.9 Å². The van der Waals surface area contributed by atoms with Gasteiger partial charge >= 0.3 is 0 Å². The number of anilines is 1. The Hall–Kier alpha value is -2.60. The molecule has 0 aliphatic rings. The third kappa shape index (κ3) is 2.53. The molecule has 5 nitrogen and oxygen atoms in total. The predicted octanol–water partition coefficient (Wildman–Crippen LogP) is 2.46. The molecule has 3 aromatic rings. The van der Waals surface area contributed by atoms with Crippen LogP contribution in [0.25, 0.3) is 10.9 Å². The van der Waals surface area contributed by atoms with Crippen LogP contribution in [0.2, 0.25) is 0 Å². The number of primary amides is 1. The lowest BCUT2D eigenvalue weighted by Gasteiger charge is -2.09. The van der Waals surface area contributed by atoms with Crippen LogP contribution in [-0.2, 0) is 0 Å². The molecule has 0 saturated carbocycles. The van der Waals surface area contributed by atoms with E-state index in [2.05, 4.69) is 9.97 Å². The van der Waals surface area contributed by atoms with Gasteiger partial charge in [-0.3, -0.25) is 4.79 Å². The van der Waals surface area contributed by atoms with Crippen molar-refractivity contribution in [1.29, 1.82) is 0 Å². The third-order valence-corrected chi connectivity index (χ3v) is 4.14. The van der Waals surface area contributed by atoms with Crippen molar-refractivity contribution in [2.75, 3.05) is 5.73 Å². The summed E-state index contributed by atoms with van der Waals surface area (Å²) in [5.74, 6) is -0.539. The molecule has 4 N–H and O–H groups in total. The summed E-state index contributed by atoms with van der Waals surface area (Å²) in [7, 11) is 0. The molecule has 3 rings (SSSR count). The quantitative estimate of drug-likeness (QED) is 0.572. The fourth-order valence-electron chi connectivity index (χ4n) is 2.01. The van der Waals surface area contributed by atoms with Gasteiger partial charge in [0.05, 0.1) is 16.8 Å². The summed E-state index contributed by atoms with van der Waals surface area (Å²) in [6.45, 7) is 0. The number of hydrogen-bond acceptors (Lipinski definition) is 5. The van der Waals surface area contributed by atoms with Crippen LogP contribution in [0.1, 0.15) is 10.4 Å². The van der Waals surface area contributed by atoms with Gasteiger partial charge in [-0.25, -0.2) is 9.97 Å². The zero-order chi connectivity index (χ0) is 14.8. The molecule has 1 heterocycles. The van der Waals surface area contributed by atoms with Gasteiger partial charge in [-0.05, 0) is 18.2 Å². The minimum Gasteiger partial charge on any atom is -0.397 e. The van der Waals surface area contributed by atoms with E-state index in [4.69, 9.17) is 11.5 Å². The van der Waals surface area contributed by atoms with E-state index in [0.29, 0.717) is 11.3 Å². The van der Waals surface area contributed by atoms with Crippen LogP contribution < -0.4 is 11.5 Å². The number of nitrogens with two attached hydrogens (primary N) is 2. The number of benzene rings is 2. The number of hydrogen-bond donors (Lipinski definition) is 2. The van der Waals surface area contributed by atoms with Crippen LogP contribution >= 0.6 is 11.8 Å². The average molecular weight is 296 g/mol. The van der Waals surface area contributed by atoms with Gasteiger partial charge in [-0.15, -0.1) is 0 Å². The Labute approximate surface area is 125 Å². The number of nitrogen functional groups attached to an aromatic ring is 1. The molecule has 2 aromatic carbocycles. The Morgan fingerprint density at radius 2 is 1.86 bits per heavy atom. The van der Waals surface area contributed by atoms with E-state index >= 15 is 0 Å². The van der Waals surface area contributed by atoms with Gasteiger partial charge in [0.2, 0.25) is 0 Å². The summed E-state index contributed by atoms with van der Waals surface area (Å²) in [6, 6.07) is 12.9. The highest BCUT2D eigenvalue weighted by Gasteiger charge is 2.12. The largest absolute Gasteiger partial charge is 0.397 e. The first kappa shape index (κ1) is 13.4. The number of rotatable bonds is 3. The van der Waals surface area contributed by atoms with Crippen molar-refractivity contribution in [3.63, 3.8) is 0 Å². The van der Waals surface area contributed by atoms with E-state index < -0.39 is 5.91 Å². The molecule has 0 aliphatic carbocycles. The first-order chi connectivity index (χ1) is 10.2. The number of fused-ring (bicyclic) bond motifs is 1. The summed E-state index contributed by atoms with van der Waals surface area (Å²) in [5.41, 5.74) is 12.9. The van der Waals surface area contributed by atoms with Crippen LogP contribution in [0.5, 0.6) is 0 Å². The molecular weight excluding hydrogens is 284 g/mol. The SMILES string of the molecule is NC(=O)c1cccc(Sc2ncnc3ccccc23)c1N. The van der Waals surface area contributed by atoms with Gasteiger partial charge in [-0.1, -0.05) is 36.0 Å². The second kappa shape index (κ2) is 5.41. The van der Waals surface area contributed by atoms with Gasteiger partial charge in [0, 0.05) is 10.3 Å². The summed E-state index contributed by atoms with van der Waals surface area (Å²) in [5, 5.41) is 1.72. The van der Waals surface area contributed by atoms with Crippen LogP contribution in [-0.4, -0.2) is 15.9 Å². The Bertz CT molecular complexity index is 830. The minimum absolute atomic E-state index is 0.318. The fraction of sp³-hybridized carbons (Fsp3) is 0. The van der Waals surface area contributed by atoms with Gasteiger partial charge in [-0.2, -0.15) is 0 Å². The zero-order valence-corrected chi connectivity index (χ0v) is 11.8. The zero-order valence-electron chi connectivity index (χ0n) is 11.0. The van der Waals surface area contributed by atoms with Crippen molar-refractivity contribution in [3.05, 3.63) is 54.4 Å². The normalized spacial score (nSPS) is 10.7. The molecular formula is C15H12N4OS. The smallest absolute Gasteiger partial charge is 0.250 e. The number of para-hydroxylation sites is 2. The second-order valence-electron chi connectivity index (χ2n) is 4.38. The lowest BCUT2D eigenvalue weighted by molar-refractivity contribution is 0.100. The minimum atomic E-state index is -0.539. The Morgan fingerprint density at radius 1 is 1.05 bits per heavy atom. The van der Waals surface area contributed by atoms with E-state index in [0.717, 1.165) is 20.8 Å². The Kier molecular flexibility index (Phi) is 3.45. The van der Waals surface area contributed by atoms with Crippen LogP contribution in [0, 0.1) is 0 Å². The molecule has 0 atom stereocenters. The van der Waals surface area contributed by atoms with E-state index in [-0.39, 0.29) is 0 Å². The molecule has 0 bridgehead atoms. The molecule has 0 radical (unpaired) electrons. The average Bonchev–Trinajstić information content (AvgIpc) is 2.49. The van der Waals surface area contributed by atoms with Crippen molar-refractivity contribution in [2.24, 2.45) is 5.73 Å². The molecule has 104 valence electrons. The number of nitrogens with zero attached hydrogens (tertiary/aromatic N) is 2. The van der Waals surface area contributed by atoms with Gasteiger partial charge in [0.1, 0.15) is 11.4 Å². The highest BCUT2D eigenvalue weighted by atomic mass is 32.2. The van der Waals surface area contributed by atoms with Crippen molar-refractivity contribution in [3.8, 4) is 0 Å². The number of aromatic nitrogens is 2. The maximum atomic E-state index is 11.3. The van der Waals surface area contributed by atoms with E-state index in [1.165, 1.54) is 18.1 Å². The summed E-state index contributed by atoms with van der Waals surface area (Å²) < 4.78 is 0.